The molecule has 0 saturated heterocycles. The normalized spacial score (nSPS) is 10.2. The van der Waals surface area contributed by atoms with Crippen molar-refractivity contribution in [1.29, 1.82) is 0 Å². The zero-order valence-corrected chi connectivity index (χ0v) is 13.1. The summed E-state index contributed by atoms with van der Waals surface area (Å²) in [6, 6.07) is 10.5. The number of aromatic nitrogens is 1. The maximum absolute atomic E-state index is 11.9. The fraction of sp³-hybridized carbons (Fsp3) is 0.200. The van der Waals surface area contributed by atoms with Crippen LogP contribution in [-0.4, -0.2) is 17.6 Å². The van der Waals surface area contributed by atoms with Crippen LogP contribution in [0.25, 0.3) is 0 Å². The van der Waals surface area contributed by atoms with Gasteiger partial charge < -0.3 is 14.6 Å². The van der Waals surface area contributed by atoms with E-state index in [1.807, 2.05) is 24.3 Å². The van der Waals surface area contributed by atoms with Gasteiger partial charge in [0, 0.05) is 23.3 Å². The van der Waals surface area contributed by atoms with Gasteiger partial charge in [-0.25, -0.2) is 0 Å². The second-order valence-corrected chi connectivity index (χ2v) is 5.36. The van der Waals surface area contributed by atoms with Gasteiger partial charge in [0.1, 0.15) is 12.3 Å². The van der Waals surface area contributed by atoms with Gasteiger partial charge in [0.2, 0.25) is 5.91 Å². The van der Waals surface area contributed by atoms with E-state index in [0.29, 0.717) is 6.54 Å². The van der Waals surface area contributed by atoms with Crippen molar-refractivity contribution < 1.29 is 9.53 Å². The predicted octanol–water partition coefficient (Wildman–Crippen LogP) is 1.94. The maximum Gasteiger partial charge on any atom is 0.251 e. The molecule has 0 unspecified atom stereocenters. The Morgan fingerprint density at radius 1 is 1.33 bits per heavy atom. The lowest BCUT2D eigenvalue weighted by atomic mass is 10.2. The second kappa shape index (κ2) is 7.08. The molecule has 110 valence electrons. The number of ether oxygens (including phenoxy) is 1. The SMILES string of the molecule is COc1cccc(CNC(=O)Cn2cc(Br)ccc2=O)c1. The number of carbonyl (C=O) groups excluding carboxylic acids is 1. The van der Waals surface area contributed by atoms with Gasteiger partial charge in [0.25, 0.3) is 5.56 Å². The summed E-state index contributed by atoms with van der Waals surface area (Å²) in [6.07, 6.45) is 1.59. The summed E-state index contributed by atoms with van der Waals surface area (Å²) in [7, 11) is 1.59. The number of halogens is 1. The Balaban J connectivity index is 1.95. The molecule has 0 saturated carbocycles. The van der Waals surface area contributed by atoms with Gasteiger partial charge in [-0.2, -0.15) is 0 Å². The number of methoxy groups -OCH3 is 1. The molecule has 0 aliphatic rings. The highest BCUT2D eigenvalue weighted by molar-refractivity contribution is 9.10. The maximum atomic E-state index is 11.9. The molecule has 0 spiro atoms. The van der Waals surface area contributed by atoms with E-state index in [0.717, 1.165) is 15.8 Å². The lowest BCUT2D eigenvalue weighted by molar-refractivity contribution is -0.121. The van der Waals surface area contributed by atoms with Crippen molar-refractivity contribution in [1.82, 2.24) is 9.88 Å². The first-order valence-corrected chi connectivity index (χ1v) is 7.13. The van der Waals surface area contributed by atoms with Gasteiger partial charge in [-0.15, -0.1) is 0 Å². The molecular weight excluding hydrogens is 336 g/mol. The van der Waals surface area contributed by atoms with Crippen LogP contribution in [-0.2, 0) is 17.9 Å². The minimum Gasteiger partial charge on any atom is -0.497 e. The third-order valence-corrected chi connectivity index (χ3v) is 3.35. The smallest absolute Gasteiger partial charge is 0.251 e. The summed E-state index contributed by atoms with van der Waals surface area (Å²) >= 11 is 3.27. The van der Waals surface area contributed by atoms with E-state index in [1.165, 1.54) is 10.6 Å². The van der Waals surface area contributed by atoms with Gasteiger partial charge in [-0.1, -0.05) is 12.1 Å². The minimum atomic E-state index is -0.224. The number of hydrogen-bond donors (Lipinski definition) is 1. The van der Waals surface area contributed by atoms with E-state index in [2.05, 4.69) is 21.2 Å². The number of pyridine rings is 1. The van der Waals surface area contributed by atoms with Crippen molar-refractivity contribution in [3.63, 3.8) is 0 Å². The molecule has 1 aromatic carbocycles. The first kappa shape index (κ1) is 15.3. The number of nitrogens with zero attached hydrogens (tertiary/aromatic N) is 1. The molecule has 21 heavy (non-hydrogen) atoms. The fourth-order valence-corrected chi connectivity index (χ4v) is 2.20. The van der Waals surface area contributed by atoms with Gasteiger partial charge in [0.05, 0.1) is 7.11 Å². The van der Waals surface area contributed by atoms with E-state index in [4.69, 9.17) is 4.74 Å². The van der Waals surface area contributed by atoms with Crippen LogP contribution in [0.1, 0.15) is 5.56 Å². The molecule has 1 amide bonds. The molecule has 0 aliphatic carbocycles. The molecular formula is C15H15BrN2O3. The van der Waals surface area contributed by atoms with Gasteiger partial charge in [-0.3, -0.25) is 9.59 Å². The third kappa shape index (κ3) is 4.46. The molecule has 0 radical (unpaired) electrons. The molecule has 2 aromatic rings. The molecule has 1 aromatic heterocycles. The van der Waals surface area contributed by atoms with Crippen LogP contribution in [0.3, 0.4) is 0 Å². The van der Waals surface area contributed by atoms with Crippen LogP contribution in [0.15, 0.2) is 51.9 Å². The summed E-state index contributed by atoms with van der Waals surface area (Å²) in [4.78, 5) is 23.5. The van der Waals surface area contributed by atoms with E-state index in [-0.39, 0.29) is 18.0 Å². The topological polar surface area (TPSA) is 60.3 Å². The van der Waals surface area contributed by atoms with Crippen LogP contribution in [0.5, 0.6) is 5.75 Å². The number of carbonyl (C=O) groups is 1. The van der Waals surface area contributed by atoms with Crippen LogP contribution < -0.4 is 15.6 Å². The van der Waals surface area contributed by atoms with Crippen LogP contribution in [0, 0.1) is 0 Å². The average molecular weight is 351 g/mol. The Morgan fingerprint density at radius 3 is 2.90 bits per heavy atom. The molecule has 1 N–H and O–H groups in total. The Hall–Kier alpha value is -2.08. The molecule has 6 heteroatoms. The number of hydrogen-bond acceptors (Lipinski definition) is 3. The van der Waals surface area contributed by atoms with Crippen molar-refractivity contribution in [2.75, 3.05) is 7.11 Å². The molecule has 2 rings (SSSR count). The number of rotatable bonds is 5. The van der Waals surface area contributed by atoms with Gasteiger partial charge in [-0.05, 0) is 39.7 Å². The molecule has 0 fully saturated rings. The van der Waals surface area contributed by atoms with E-state index in [9.17, 15) is 9.59 Å². The summed E-state index contributed by atoms with van der Waals surface area (Å²) < 4.78 is 7.23. The van der Waals surface area contributed by atoms with Crippen LogP contribution >= 0.6 is 15.9 Å². The highest BCUT2D eigenvalue weighted by Crippen LogP contribution is 2.12. The number of nitrogens with one attached hydrogen (secondary N) is 1. The standard InChI is InChI=1S/C15H15BrN2O3/c1-21-13-4-2-3-11(7-13)8-17-14(19)10-18-9-12(16)5-6-15(18)20/h2-7,9H,8,10H2,1H3,(H,17,19). The Kier molecular flexibility index (Phi) is 5.16. The highest BCUT2D eigenvalue weighted by Gasteiger charge is 2.05. The Morgan fingerprint density at radius 2 is 2.14 bits per heavy atom. The van der Waals surface area contributed by atoms with Crippen molar-refractivity contribution in [2.45, 2.75) is 13.1 Å². The van der Waals surface area contributed by atoms with Crippen molar-refractivity contribution in [3.05, 3.63) is 63.0 Å². The van der Waals surface area contributed by atoms with E-state index in [1.54, 1.807) is 19.4 Å². The summed E-state index contributed by atoms with van der Waals surface area (Å²) in [5.41, 5.74) is 0.721. The van der Waals surface area contributed by atoms with Crippen molar-refractivity contribution in [3.8, 4) is 5.75 Å². The van der Waals surface area contributed by atoms with E-state index >= 15 is 0 Å². The molecule has 0 aliphatic heterocycles. The third-order valence-electron chi connectivity index (χ3n) is 2.89. The second-order valence-electron chi connectivity index (χ2n) is 4.44. The Labute approximate surface area is 130 Å². The van der Waals surface area contributed by atoms with Crippen LogP contribution in [0.2, 0.25) is 0 Å². The monoisotopic (exact) mass is 350 g/mol. The first-order valence-electron chi connectivity index (χ1n) is 6.34. The predicted molar refractivity (Wildman–Crippen MR) is 83.2 cm³/mol. The van der Waals surface area contributed by atoms with Gasteiger partial charge >= 0.3 is 0 Å². The zero-order chi connectivity index (χ0) is 15.2. The number of benzene rings is 1. The molecule has 1 heterocycles. The summed E-state index contributed by atoms with van der Waals surface area (Å²) in [6.45, 7) is 0.376. The van der Waals surface area contributed by atoms with Crippen molar-refractivity contribution in [2.24, 2.45) is 0 Å². The minimum absolute atomic E-state index is 0.0117. The van der Waals surface area contributed by atoms with Gasteiger partial charge in [0.15, 0.2) is 0 Å². The molecule has 0 atom stereocenters. The molecule has 0 bridgehead atoms. The summed E-state index contributed by atoms with van der Waals surface area (Å²) in [5.74, 6) is 0.517. The Bertz CT molecular complexity index is 697. The molecule has 5 nitrogen and oxygen atoms in total. The quantitative estimate of drug-likeness (QED) is 0.896. The largest absolute Gasteiger partial charge is 0.497 e. The lowest BCUT2D eigenvalue weighted by Gasteiger charge is -2.08. The number of amides is 1. The summed E-state index contributed by atoms with van der Waals surface area (Å²) in [5, 5.41) is 2.78. The first-order chi connectivity index (χ1) is 10.1. The zero-order valence-electron chi connectivity index (χ0n) is 11.5. The highest BCUT2D eigenvalue weighted by atomic mass is 79.9. The average Bonchev–Trinajstić information content (AvgIpc) is 2.49. The lowest BCUT2D eigenvalue weighted by Crippen LogP contribution is -2.31. The van der Waals surface area contributed by atoms with Crippen molar-refractivity contribution >= 4 is 21.8 Å². The van der Waals surface area contributed by atoms with Crippen LogP contribution in [0.4, 0.5) is 0 Å². The fourth-order valence-electron chi connectivity index (χ4n) is 1.82. The van der Waals surface area contributed by atoms with E-state index < -0.39 is 0 Å².